The number of esters is 1. The molecule has 1 aliphatic rings. The van der Waals surface area contributed by atoms with E-state index >= 15 is 0 Å². The van der Waals surface area contributed by atoms with Gasteiger partial charge in [0.25, 0.3) is 0 Å². The first-order valence-corrected chi connectivity index (χ1v) is 12.3. The van der Waals surface area contributed by atoms with Crippen LogP contribution in [0.25, 0.3) is 11.0 Å². The normalized spacial score (nSPS) is 11.9. The number of ether oxygens (including phenoxy) is 3. The van der Waals surface area contributed by atoms with Crippen molar-refractivity contribution in [3.05, 3.63) is 87.4 Å². The number of hydrogen-bond acceptors (Lipinski definition) is 9. The van der Waals surface area contributed by atoms with Crippen LogP contribution in [0.5, 0.6) is 11.5 Å². The lowest BCUT2D eigenvalue weighted by molar-refractivity contribution is -0.113. The van der Waals surface area contributed by atoms with Gasteiger partial charge in [0.05, 0.1) is 11.3 Å². The second-order valence-corrected chi connectivity index (χ2v) is 9.28. The molecular formula is C27H22N2O7S. The van der Waals surface area contributed by atoms with Crippen LogP contribution in [-0.4, -0.2) is 29.4 Å². The van der Waals surface area contributed by atoms with Gasteiger partial charge in [-0.25, -0.2) is 14.6 Å². The van der Waals surface area contributed by atoms with Crippen molar-refractivity contribution in [2.24, 2.45) is 0 Å². The van der Waals surface area contributed by atoms with Gasteiger partial charge in [0, 0.05) is 35.0 Å². The molecule has 5 rings (SSSR count). The monoisotopic (exact) mass is 518 g/mol. The molecule has 1 aliphatic heterocycles. The van der Waals surface area contributed by atoms with Crippen molar-refractivity contribution in [2.75, 3.05) is 17.9 Å². The standard InChI is InChI=1S/C27H22N2O7S/c1-15-5-7-19-17(10-24(31)36-25(19)16(15)2)12-33-27(32)20-4-3-9-28-26(20)37-13-23(30)29-18-6-8-21-22(11-18)35-14-34-21/h3-11H,12-14H2,1-2H3,(H,29,30). The Morgan fingerprint density at radius 3 is 2.78 bits per heavy atom. The molecule has 1 amide bonds. The van der Waals surface area contributed by atoms with Gasteiger partial charge < -0.3 is 23.9 Å². The maximum atomic E-state index is 12.9. The zero-order chi connectivity index (χ0) is 25.9. The number of benzene rings is 2. The fraction of sp³-hybridized carbons (Fsp3) is 0.185. The van der Waals surface area contributed by atoms with Gasteiger partial charge in [0.2, 0.25) is 12.7 Å². The highest BCUT2D eigenvalue weighted by atomic mass is 32.2. The summed E-state index contributed by atoms with van der Waals surface area (Å²) in [5, 5.41) is 3.85. The van der Waals surface area contributed by atoms with Crippen LogP contribution in [0.1, 0.15) is 27.0 Å². The molecule has 9 nitrogen and oxygen atoms in total. The third-order valence-corrected chi connectivity index (χ3v) is 6.87. The van der Waals surface area contributed by atoms with E-state index in [0.29, 0.717) is 38.7 Å². The van der Waals surface area contributed by atoms with E-state index < -0.39 is 11.6 Å². The minimum Gasteiger partial charge on any atom is -0.457 e. The van der Waals surface area contributed by atoms with E-state index in [4.69, 9.17) is 18.6 Å². The molecule has 0 spiro atoms. The third-order valence-electron chi connectivity index (χ3n) is 5.86. The Hall–Kier alpha value is -4.31. The first kappa shape index (κ1) is 24.4. The average molecular weight is 519 g/mol. The molecule has 2 aromatic carbocycles. The minimum absolute atomic E-state index is 0.0226. The fourth-order valence-corrected chi connectivity index (χ4v) is 4.61. The molecule has 3 heterocycles. The number of amides is 1. The lowest BCUT2D eigenvalue weighted by Gasteiger charge is -2.11. The van der Waals surface area contributed by atoms with E-state index in [0.717, 1.165) is 22.9 Å². The number of nitrogens with one attached hydrogen (secondary N) is 1. The van der Waals surface area contributed by atoms with Crippen molar-refractivity contribution in [3.63, 3.8) is 0 Å². The van der Waals surface area contributed by atoms with E-state index in [-0.39, 0.29) is 30.6 Å². The van der Waals surface area contributed by atoms with Crippen LogP contribution in [0.2, 0.25) is 0 Å². The number of pyridine rings is 1. The molecule has 0 atom stereocenters. The van der Waals surface area contributed by atoms with Crippen LogP contribution in [-0.2, 0) is 16.1 Å². The molecule has 0 aliphatic carbocycles. The van der Waals surface area contributed by atoms with Crippen molar-refractivity contribution in [1.29, 1.82) is 0 Å². The van der Waals surface area contributed by atoms with Gasteiger partial charge in [-0.2, -0.15) is 0 Å². The molecule has 188 valence electrons. The maximum absolute atomic E-state index is 12.9. The van der Waals surface area contributed by atoms with E-state index in [1.165, 1.54) is 12.3 Å². The number of rotatable bonds is 7. The Kier molecular flexibility index (Phi) is 6.82. The Bertz CT molecular complexity index is 1580. The van der Waals surface area contributed by atoms with Gasteiger partial charge in [0.1, 0.15) is 17.2 Å². The summed E-state index contributed by atoms with van der Waals surface area (Å²) in [7, 11) is 0. The first-order chi connectivity index (χ1) is 17.9. The Labute approximate surface area is 215 Å². The van der Waals surface area contributed by atoms with E-state index in [9.17, 15) is 14.4 Å². The lowest BCUT2D eigenvalue weighted by atomic mass is 10.0. The molecule has 1 N–H and O–H groups in total. The average Bonchev–Trinajstić information content (AvgIpc) is 3.36. The topological polar surface area (TPSA) is 117 Å². The summed E-state index contributed by atoms with van der Waals surface area (Å²) < 4.78 is 21.5. The third kappa shape index (κ3) is 5.29. The number of thioether (sulfide) groups is 1. The smallest absolute Gasteiger partial charge is 0.341 e. The minimum atomic E-state index is -0.614. The predicted octanol–water partition coefficient (Wildman–Crippen LogP) is 4.62. The number of hydrogen-bond donors (Lipinski definition) is 1. The van der Waals surface area contributed by atoms with E-state index in [1.807, 2.05) is 26.0 Å². The summed E-state index contributed by atoms with van der Waals surface area (Å²) in [5.41, 5.74) is 3.15. The van der Waals surface area contributed by atoms with Gasteiger partial charge in [-0.05, 0) is 49.2 Å². The van der Waals surface area contributed by atoms with Crippen molar-refractivity contribution >= 4 is 40.3 Å². The fourth-order valence-electron chi connectivity index (χ4n) is 3.83. The molecule has 0 bridgehead atoms. The highest BCUT2D eigenvalue weighted by Crippen LogP contribution is 2.34. The van der Waals surface area contributed by atoms with Crippen molar-refractivity contribution in [1.82, 2.24) is 4.98 Å². The van der Waals surface area contributed by atoms with Gasteiger partial charge in [-0.1, -0.05) is 23.9 Å². The van der Waals surface area contributed by atoms with Crippen LogP contribution in [0.15, 0.2) is 69.0 Å². The molecule has 4 aromatic rings. The zero-order valence-electron chi connectivity index (χ0n) is 20.0. The molecule has 0 saturated carbocycles. The second-order valence-electron chi connectivity index (χ2n) is 8.31. The van der Waals surface area contributed by atoms with E-state index in [1.54, 1.807) is 30.3 Å². The molecule has 0 saturated heterocycles. The van der Waals surface area contributed by atoms with Gasteiger partial charge in [-0.15, -0.1) is 0 Å². The van der Waals surface area contributed by atoms with Crippen LogP contribution >= 0.6 is 11.8 Å². The summed E-state index contributed by atoms with van der Waals surface area (Å²) >= 11 is 1.11. The molecule has 10 heteroatoms. The van der Waals surface area contributed by atoms with E-state index in [2.05, 4.69) is 10.3 Å². The van der Waals surface area contributed by atoms with Crippen molar-refractivity contribution < 1.29 is 28.2 Å². The summed E-state index contributed by atoms with van der Waals surface area (Å²) in [5.74, 6) is 0.321. The second kappa shape index (κ2) is 10.4. The van der Waals surface area contributed by atoms with Crippen LogP contribution in [0.3, 0.4) is 0 Å². The molecular weight excluding hydrogens is 496 g/mol. The van der Waals surface area contributed by atoms with Crippen molar-refractivity contribution in [2.45, 2.75) is 25.5 Å². The Balaban J connectivity index is 1.25. The quantitative estimate of drug-likeness (QED) is 0.212. The Morgan fingerprint density at radius 1 is 1.08 bits per heavy atom. The van der Waals surface area contributed by atoms with Crippen LogP contribution in [0.4, 0.5) is 5.69 Å². The summed E-state index contributed by atoms with van der Waals surface area (Å²) in [6.45, 7) is 3.83. The zero-order valence-corrected chi connectivity index (χ0v) is 20.8. The lowest BCUT2D eigenvalue weighted by Crippen LogP contribution is -2.15. The van der Waals surface area contributed by atoms with Crippen LogP contribution < -0.4 is 20.4 Å². The maximum Gasteiger partial charge on any atom is 0.341 e. The molecule has 0 fully saturated rings. The highest BCUT2D eigenvalue weighted by Gasteiger charge is 2.18. The first-order valence-electron chi connectivity index (χ1n) is 11.4. The summed E-state index contributed by atoms with van der Waals surface area (Å²) in [4.78, 5) is 41.8. The number of aryl methyl sites for hydroxylation is 2. The number of aromatic nitrogens is 1. The molecule has 37 heavy (non-hydrogen) atoms. The summed E-state index contributed by atoms with van der Waals surface area (Å²) in [6, 6.07) is 13.4. The van der Waals surface area contributed by atoms with Gasteiger partial charge in [-0.3, -0.25) is 4.79 Å². The number of carbonyl (C=O) groups is 2. The molecule has 0 unspecified atom stereocenters. The molecule has 0 radical (unpaired) electrons. The number of carbonyl (C=O) groups excluding carboxylic acids is 2. The van der Waals surface area contributed by atoms with Gasteiger partial charge >= 0.3 is 11.6 Å². The predicted molar refractivity (Wildman–Crippen MR) is 137 cm³/mol. The highest BCUT2D eigenvalue weighted by molar-refractivity contribution is 8.00. The number of anilines is 1. The van der Waals surface area contributed by atoms with Crippen LogP contribution in [0, 0.1) is 13.8 Å². The Morgan fingerprint density at radius 2 is 1.92 bits per heavy atom. The SMILES string of the molecule is Cc1ccc2c(COC(=O)c3cccnc3SCC(=O)Nc3ccc4c(c3)OCO4)cc(=O)oc2c1C. The number of nitrogens with zero attached hydrogens (tertiary/aromatic N) is 1. The van der Waals surface area contributed by atoms with Crippen molar-refractivity contribution in [3.8, 4) is 11.5 Å². The largest absolute Gasteiger partial charge is 0.457 e. The summed E-state index contributed by atoms with van der Waals surface area (Å²) in [6.07, 6.45) is 1.54. The molecule has 2 aromatic heterocycles. The van der Waals surface area contributed by atoms with Gasteiger partial charge in [0.15, 0.2) is 11.5 Å². The number of fused-ring (bicyclic) bond motifs is 2.